The lowest BCUT2D eigenvalue weighted by Crippen LogP contribution is -2.20. The van der Waals surface area contributed by atoms with Crippen molar-refractivity contribution >= 4 is 0 Å². The zero-order chi connectivity index (χ0) is 12.9. The highest BCUT2D eigenvalue weighted by Crippen LogP contribution is 2.11. The Balaban J connectivity index is 2.94. The molecule has 0 aromatic carbocycles. The summed E-state index contributed by atoms with van der Waals surface area (Å²) in [6.45, 7) is 11.6. The van der Waals surface area contributed by atoms with Crippen LogP contribution in [0, 0.1) is 11.8 Å². The summed E-state index contributed by atoms with van der Waals surface area (Å²) < 4.78 is 0. The Morgan fingerprint density at radius 1 is 0.647 bits per heavy atom. The van der Waals surface area contributed by atoms with Gasteiger partial charge in [0.1, 0.15) is 0 Å². The SMILES string of the molecule is CC(C)CCCCCCCCCNCC(C)C. The topological polar surface area (TPSA) is 12.0 Å². The predicted molar refractivity (Wildman–Crippen MR) is 79.5 cm³/mol. The molecule has 0 spiro atoms. The van der Waals surface area contributed by atoms with Crippen molar-refractivity contribution in [3.05, 3.63) is 0 Å². The monoisotopic (exact) mass is 241 g/mol. The maximum absolute atomic E-state index is 3.51. The molecule has 0 radical (unpaired) electrons. The molecule has 0 aliphatic heterocycles. The molecular formula is C16H35N. The van der Waals surface area contributed by atoms with E-state index >= 15 is 0 Å². The lowest BCUT2D eigenvalue weighted by Gasteiger charge is -2.07. The third kappa shape index (κ3) is 16.0. The quantitative estimate of drug-likeness (QED) is 0.474. The van der Waals surface area contributed by atoms with Crippen LogP contribution in [-0.2, 0) is 0 Å². The van der Waals surface area contributed by atoms with E-state index in [1.54, 1.807) is 0 Å². The van der Waals surface area contributed by atoms with Crippen LogP contribution in [0.5, 0.6) is 0 Å². The van der Waals surface area contributed by atoms with Crippen LogP contribution in [0.3, 0.4) is 0 Å². The highest BCUT2D eigenvalue weighted by Gasteiger charge is 1.95. The summed E-state index contributed by atoms with van der Waals surface area (Å²) in [4.78, 5) is 0. The van der Waals surface area contributed by atoms with E-state index in [1.165, 1.54) is 64.5 Å². The van der Waals surface area contributed by atoms with E-state index in [9.17, 15) is 0 Å². The molecule has 0 rings (SSSR count). The van der Waals surface area contributed by atoms with Gasteiger partial charge in [-0.05, 0) is 31.3 Å². The first-order chi connectivity index (χ1) is 8.13. The third-order valence-electron chi connectivity index (χ3n) is 3.19. The molecule has 0 atom stereocenters. The average Bonchev–Trinajstić information content (AvgIpc) is 2.25. The molecule has 0 saturated heterocycles. The minimum absolute atomic E-state index is 0.788. The Labute approximate surface area is 110 Å². The standard InChI is InChI=1S/C16H35N/c1-15(2)12-10-8-6-5-7-9-11-13-17-14-16(3)4/h15-17H,5-14H2,1-4H3. The van der Waals surface area contributed by atoms with Crippen LogP contribution < -0.4 is 5.32 Å². The molecular weight excluding hydrogens is 206 g/mol. The summed E-state index contributed by atoms with van der Waals surface area (Å²) >= 11 is 0. The van der Waals surface area contributed by atoms with Gasteiger partial charge in [0.25, 0.3) is 0 Å². The summed E-state index contributed by atoms with van der Waals surface area (Å²) in [5.74, 6) is 1.68. The van der Waals surface area contributed by atoms with E-state index in [0.717, 1.165) is 11.8 Å². The largest absolute Gasteiger partial charge is 0.316 e. The molecule has 104 valence electrons. The summed E-state index contributed by atoms with van der Waals surface area (Å²) in [6.07, 6.45) is 11.4. The van der Waals surface area contributed by atoms with Gasteiger partial charge in [0, 0.05) is 0 Å². The van der Waals surface area contributed by atoms with Crippen LogP contribution in [-0.4, -0.2) is 13.1 Å². The van der Waals surface area contributed by atoms with Crippen molar-refractivity contribution < 1.29 is 0 Å². The zero-order valence-corrected chi connectivity index (χ0v) is 12.7. The van der Waals surface area contributed by atoms with Gasteiger partial charge in [-0.2, -0.15) is 0 Å². The van der Waals surface area contributed by atoms with Gasteiger partial charge in [0.15, 0.2) is 0 Å². The fraction of sp³-hybridized carbons (Fsp3) is 1.00. The Morgan fingerprint density at radius 2 is 1.18 bits per heavy atom. The summed E-state index contributed by atoms with van der Waals surface area (Å²) in [6, 6.07) is 0. The Hall–Kier alpha value is -0.0400. The highest BCUT2D eigenvalue weighted by atomic mass is 14.8. The van der Waals surface area contributed by atoms with Crippen molar-refractivity contribution in [2.24, 2.45) is 11.8 Å². The van der Waals surface area contributed by atoms with Crippen LogP contribution in [0.25, 0.3) is 0 Å². The number of hydrogen-bond acceptors (Lipinski definition) is 1. The van der Waals surface area contributed by atoms with Crippen molar-refractivity contribution in [3.8, 4) is 0 Å². The normalized spacial score (nSPS) is 11.6. The molecule has 0 aliphatic carbocycles. The molecule has 0 amide bonds. The van der Waals surface area contributed by atoms with E-state index in [0.29, 0.717) is 0 Å². The minimum Gasteiger partial charge on any atom is -0.316 e. The summed E-state index contributed by atoms with van der Waals surface area (Å²) in [5, 5.41) is 3.51. The van der Waals surface area contributed by atoms with Crippen molar-refractivity contribution in [2.45, 2.75) is 79.1 Å². The predicted octanol–water partition coefficient (Wildman–Crippen LogP) is 5.01. The minimum atomic E-state index is 0.788. The zero-order valence-electron chi connectivity index (χ0n) is 12.7. The first kappa shape index (κ1) is 17.0. The second kappa shape index (κ2) is 12.4. The van der Waals surface area contributed by atoms with Gasteiger partial charge in [-0.3, -0.25) is 0 Å². The van der Waals surface area contributed by atoms with E-state index in [2.05, 4.69) is 33.0 Å². The van der Waals surface area contributed by atoms with Gasteiger partial charge < -0.3 is 5.32 Å². The summed E-state index contributed by atoms with van der Waals surface area (Å²) in [7, 11) is 0. The molecule has 0 bridgehead atoms. The number of rotatable bonds is 12. The van der Waals surface area contributed by atoms with E-state index in [-0.39, 0.29) is 0 Å². The third-order valence-corrected chi connectivity index (χ3v) is 3.19. The molecule has 1 heteroatoms. The van der Waals surface area contributed by atoms with Crippen molar-refractivity contribution in [1.29, 1.82) is 0 Å². The van der Waals surface area contributed by atoms with Crippen molar-refractivity contribution in [3.63, 3.8) is 0 Å². The maximum atomic E-state index is 3.51. The van der Waals surface area contributed by atoms with Crippen LogP contribution in [0.4, 0.5) is 0 Å². The Bertz CT molecular complexity index is 124. The second-order valence-corrected chi connectivity index (χ2v) is 6.26. The number of nitrogens with one attached hydrogen (secondary N) is 1. The fourth-order valence-electron chi connectivity index (χ4n) is 2.08. The van der Waals surface area contributed by atoms with Crippen molar-refractivity contribution in [1.82, 2.24) is 5.32 Å². The van der Waals surface area contributed by atoms with E-state index in [1.807, 2.05) is 0 Å². The van der Waals surface area contributed by atoms with Crippen LogP contribution in [0.15, 0.2) is 0 Å². The lowest BCUT2D eigenvalue weighted by atomic mass is 10.0. The molecule has 17 heavy (non-hydrogen) atoms. The average molecular weight is 241 g/mol. The first-order valence-electron chi connectivity index (χ1n) is 7.83. The molecule has 0 saturated carbocycles. The Morgan fingerprint density at radius 3 is 1.71 bits per heavy atom. The van der Waals surface area contributed by atoms with E-state index < -0.39 is 0 Å². The molecule has 1 nitrogen and oxygen atoms in total. The molecule has 0 aromatic heterocycles. The van der Waals surface area contributed by atoms with E-state index in [4.69, 9.17) is 0 Å². The molecule has 0 heterocycles. The smallest absolute Gasteiger partial charge is 0.00258 e. The van der Waals surface area contributed by atoms with Gasteiger partial charge in [-0.15, -0.1) is 0 Å². The fourth-order valence-corrected chi connectivity index (χ4v) is 2.08. The maximum Gasteiger partial charge on any atom is -0.00258 e. The lowest BCUT2D eigenvalue weighted by molar-refractivity contribution is 0.499. The molecule has 1 N–H and O–H groups in total. The molecule has 0 aliphatic rings. The number of hydrogen-bond donors (Lipinski definition) is 1. The van der Waals surface area contributed by atoms with Gasteiger partial charge in [0.2, 0.25) is 0 Å². The van der Waals surface area contributed by atoms with Crippen molar-refractivity contribution in [2.75, 3.05) is 13.1 Å². The summed E-state index contributed by atoms with van der Waals surface area (Å²) in [5.41, 5.74) is 0. The first-order valence-corrected chi connectivity index (χ1v) is 7.83. The molecule has 0 unspecified atom stereocenters. The second-order valence-electron chi connectivity index (χ2n) is 6.26. The number of unbranched alkanes of at least 4 members (excludes halogenated alkanes) is 6. The Kier molecular flexibility index (Phi) is 12.4. The van der Waals surface area contributed by atoms with Gasteiger partial charge in [0.05, 0.1) is 0 Å². The van der Waals surface area contributed by atoms with Gasteiger partial charge in [-0.1, -0.05) is 72.6 Å². The van der Waals surface area contributed by atoms with Gasteiger partial charge >= 0.3 is 0 Å². The van der Waals surface area contributed by atoms with Crippen LogP contribution >= 0.6 is 0 Å². The highest BCUT2D eigenvalue weighted by molar-refractivity contribution is 4.53. The molecule has 0 aromatic rings. The molecule has 0 fully saturated rings. The van der Waals surface area contributed by atoms with Crippen LogP contribution in [0.2, 0.25) is 0 Å². The van der Waals surface area contributed by atoms with Gasteiger partial charge in [-0.25, -0.2) is 0 Å². The van der Waals surface area contributed by atoms with Crippen LogP contribution in [0.1, 0.15) is 79.1 Å².